The molecule has 0 aromatic carbocycles. The van der Waals surface area contributed by atoms with Gasteiger partial charge in [-0.15, -0.1) is 11.3 Å². The number of fused-ring (bicyclic) bond motifs is 1. The van der Waals surface area contributed by atoms with Gasteiger partial charge in [-0.3, -0.25) is 9.88 Å². The minimum absolute atomic E-state index is 0.0240. The molecule has 6 nitrogen and oxygen atoms in total. The number of nitrogens with zero attached hydrogens (tertiary/aromatic N) is 4. The molecule has 0 bridgehead atoms. The van der Waals surface area contributed by atoms with Crippen LogP contribution in [0.1, 0.15) is 24.9 Å². The molecule has 4 aromatic rings. The summed E-state index contributed by atoms with van der Waals surface area (Å²) in [6.07, 6.45) is 4.07. The third kappa shape index (κ3) is 4.31. The standard InChI is InChI=1S/C23H22N4O2S/c1-23(2,3)29-22(28)27(4)20-10-8-16(14-25-20)18-9-7-15-12-19(30-21(15)26-18)17-6-5-11-24-13-17/h5-14H,1-4H3/i4T3. The van der Waals surface area contributed by atoms with E-state index in [0.717, 1.165) is 20.7 Å². The molecular formula is C23H22N4O2S. The molecule has 0 aliphatic carbocycles. The van der Waals surface area contributed by atoms with Crippen molar-refractivity contribution in [1.29, 1.82) is 0 Å². The fourth-order valence-electron chi connectivity index (χ4n) is 2.80. The van der Waals surface area contributed by atoms with Crippen molar-refractivity contribution in [1.82, 2.24) is 15.0 Å². The Hall–Kier alpha value is -3.32. The fraction of sp³-hybridized carbons (Fsp3) is 0.217. The maximum Gasteiger partial charge on any atom is 0.415 e. The molecule has 0 saturated heterocycles. The number of thiophene rings is 1. The lowest BCUT2D eigenvalue weighted by Crippen LogP contribution is -2.34. The van der Waals surface area contributed by atoms with E-state index in [2.05, 4.69) is 16.0 Å². The summed E-state index contributed by atoms with van der Waals surface area (Å²) in [4.78, 5) is 28.2. The molecule has 7 heteroatoms. The van der Waals surface area contributed by atoms with Gasteiger partial charge in [0.1, 0.15) is 16.2 Å². The SMILES string of the molecule is [3H]C([3H])([3H])N(C(=O)OC(C)(C)C)c1ccc(-c2ccc3cc(-c4cccnc4)sc3n2)cn1. The first-order chi connectivity index (χ1) is 15.5. The van der Waals surface area contributed by atoms with Gasteiger partial charge in [-0.1, -0.05) is 6.07 Å². The third-order valence-corrected chi connectivity index (χ3v) is 5.27. The zero-order valence-electron chi connectivity index (χ0n) is 19.8. The Balaban J connectivity index is 1.63. The molecule has 0 saturated carbocycles. The van der Waals surface area contributed by atoms with Crippen LogP contribution in [-0.4, -0.2) is 33.6 Å². The number of ether oxygens (including phenoxy) is 1. The van der Waals surface area contributed by atoms with Gasteiger partial charge in [0.25, 0.3) is 0 Å². The lowest BCUT2D eigenvalue weighted by molar-refractivity contribution is 0.0588. The molecule has 0 aliphatic rings. The van der Waals surface area contributed by atoms with Gasteiger partial charge >= 0.3 is 6.09 Å². The number of amides is 1. The molecule has 0 N–H and O–H groups in total. The summed E-state index contributed by atoms with van der Waals surface area (Å²) in [6.45, 7) is 2.27. The van der Waals surface area contributed by atoms with E-state index in [9.17, 15) is 4.79 Å². The van der Waals surface area contributed by atoms with Crippen LogP contribution in [0.3, 0.4) is 0 Å². The lowest BCUT2D eigenvalue weighted by Gasteiger charge is -2.24. The van der Waals surface area contributed by atoms with E-state index >= 15 is 0 Å². The molecule has 0 spiro atoms. The summed E-state index contributed by atoms with van der Waals surface area (Å²) < 4.78 is 28.5. The molecular weight excluding hydrogens is 396 g/mol. The molecule has 0 fully saturated rings. The number of carbonyl (C=O) groups excluding carboxylic acids is 1. The number of rotatable bonds is 3. The Labute approximate surface area is 183 Å². The molecule has 30 heavy (non-hydrogen) atoms. The van der Waals surface area contributed by atoms with Gasteiger partial charge in [-0.05, 0) is 57.2 Å². The number of anilines is 1. The van der Waals surface area contributed by atoms with Crippen LogP contribution < -0.4 is 4.90 Å². The second-order valence-corrected chi connectivity index (χ2v) is 8.69. The quantitative estimate of drug-likeness (QED) is 0.416. The summed E-state index contributed by atoms with van der Waals surface area (Å²) in [5.74, 6) is -0.0240. The highest BCUT2D eigenvalue weighted by Crippen LogP contribution is 2.33. The third-order valence-electron chi connectivity index (χ3n) is 4.18. The van der Waals surface area contributed by atoms with Crippen molar-refractivity contribution in [2.75, 3.05) is 11.9 Å². The van der Waals surface area contributed by atoms with Crippen molar-refractivity contribution in [2.45, 2.75) is 26.4 Å². The number of aromatic nitrogens is 3. The first-order valence-corrected chi connectivity index (χ1v) is 10.1. The van der Waals surface area contributed by atoms with Gasteiger partial charge in [0.05, 0.1) is 5.69 Å². The van der Waals surface area contributed by atoms with Gasteiger partial charge in [0.15, 0.2) is 0 Å². The van der Waals surface area contributed by atoms with Crippen LogP contribution in [0.4, 0.5) is 10.6 Å². The average Bonchev–Trinajstić information content (AvgIpc) is 3.16. The Bertz CT molecular complexity index is 1280. The molecule has 4 rings (SSSR count). The summed E-state index contributed by atoms with van der Waals surface area (Å²) in [7, 11) is 0. The van der Waals surface area contributed by atoms with Crippen LogP contribution in [0.25, 0.3) is 31.9 Å². The van der Waals surface area contributed by atoms with Crippen LogP contribution in [0.5, 0.6) is 0 Å². The normalized spacial score (nSPS) is 13.4. The van der Waals surface area contributed by atoms with Crippen LogP contribution in [0.2, 0.25) is 0 Å². The predicted molar refractivity (Wildman–Crippen MR) is 121 cm³/mol. The summed E-state index contributed by atoms with van der Waals surface area (Å²) in [5, 5.41) is 1.02. The highest BCUT2D eigenvalue weighted by atomic mass is 32.1. The van der Waals surface area contributed by atoms with Gasteiger partial charge in [-0.25, -0.2) is 14.8 Å². The first kappa shape index (κ1) is 16.5. The Morgan fingerprint density at radius 2 is 2.00 bits per heavy atom. The van der Waals surface area contributed by atoms with E-state index in [0.29, 0.717) is 16.2 Å². The van der Waals surface area contributed by atoms with Gasteiger partial charge in [0.2, 0.25) is 0 Å². The smallest absolute Gasteiger partial charge is 0.415 e. The molecule has 0 atom stereocenters. The van der Waals surface area contributed by atoms with E-state index in [1.165, 1.54) is 12.3 Å². The molecule has 4 aromatic heterocycles. The first-order valence-electron chi connectivity index (χ1n) is 10.8. The zero-order chi connectivity index (χ0) is 23.8. The van der Waals surface area contributed by atoms with Gasteiger partial charge in [-0.2, -0.15) is 0 Å². The molecule has 1 amide bonds. The number of carbonyl (C=O) groups is 1. The molecule has 0 radical (unpaired) electrons. The largest absolute Gasteiger partial charge is 0.443 e. The van der Waals surface area contributed by atoms with Crippen molar-refractivity contribution in [3.05, 3.63) is 61.1 Å². The number of hydrogen-bond acceptors (Lipinski definition) is 6. The maximum absolute atomic E-state index is 12.5. The Kier molecular flexibility index (Phi) is 4.30. The van der Waals surface area contributed by atoms with E-state index in [1.807, 2.05) is 30.5 Å². The van der Waals surface area contributed by atoms with Gasteiger partial charge < -0.3 is 4.74 Å². The van der Waals surface area contributed by atoms with E-state index in [1.54, 1.807) is 44.4 Å². The number of pyridine rings is 3. The summed E-state index contributed by atoms with van der Waals surface area (Å²) >= 11 is 1.56. The summed E-state index contributed by atoms with van der Waals surface area (Å²) in [6, 6.07) is 13.0. The van der Waals surface area contributed by atoms with Crippen molar-refractivity contribution in [2.24, 2.45) is 0 Å². The zero-order valence-corrected chi connectivity index (χ0v) is 17.6. The van der Waals surface area contributed by atoms with E-state index in [-0.39, 0.29) is 5.82 Å². The Morgan fingerprint density at radius 1 is 1.13 bits per heavy atom. The second kappa shape index (κ2) is 7.84. The predicted octanol–water partition coefficient (Wildman–Crippen LogP) is 5.79. The molecule has 152 valence electrons. The monoisotopic (exact) mass is 424 g/mol. The number of hydrogen-bond donors (Lipinski definition) is 0. The van der Waals surface area contributed by atoms with Crippen molar-refractivity contribution < 1.29 is 13.6 Å². The fourth-order valence-corrected chi connectivity index (χ4v) is 3.82. The highest BCUT2D eigenvalue weighted by molar-refractivity contribution is 7.21. The Morgan fingerprint density at radius 3 is 2.67 bits per heavy atom. The van der Waals surface area contributed by atoms with Crippen molar-refractivity contribution in [3.63, 3.8) is 0 Å². The maximum atomic E-state index is 12.5. The molecule has 0 aliphatic heterocycles. The second-order valence-electron chi connectivity index (χ2n) is 7.66. The van der Waals surface area contributed by atoms with Crippen LogP contribution in [0, 0.1) is 0 Å². The molecule has 0 unspecified atom stereocenters. The minimum Gasteiger partial charge on any atom is -0.443 e. The minimum atomic E-state index is -2.74. The van der Waals surface area contributed by atoms with Crippen LogP contribution in [0.15, 0.2) is 61.1 Å². The van der Waals surface area contributed by atoms with Crippen molar-refractivity contribution in [3.8, 4) is 21.7 Å². The topological polar surface area (TPSA) is 68.2 Å². The van der Waals surface area contributed by atoms with Gasteiger partial charge in [0, 0.05) is 51.1 Å². The highest BCUT2D eigenvalue weighted by Gasteiger charge is 2.21. The molecule has 4 heterocycles. The van der Waals surface area contributed by atoms with Crippen molar-refractivity contribution >= 4 is 33.5 Å². The summed E-state index contributed by atoms with van der Waals surface area (Å²) in [5.41, 5.74) is 1.58. The average molecular weight is 425 g/mol. The van der Waals surface area contributed by atoms with E-state index in [4.69, 9.17) is 13.8 Å². The lowest BCUT2D eigenvalue weighted by atomic mass is 10.1. The van der Waals surface area contributed by atoms with Crippen LogP contribution >= 0.6 is 11.3 Å². The van der Waals surface area contributed by atoms with E-state index < -0.39 is 18.7 Å². The van der Waals surface area contributed by atoms with Crippen LogP contribution in [-0.2, 0) is 4.74 Å².